The summed E-state index contributed by atoms with van der Waals surface area (Å²) in [5.74, 6) is -0.227. The van der Waals surface area contributed by atoms with Gasteiger partial charge >= 0.3 is 0 Å². The number of nitrogens with one attached hydrogen (secondary N) is 2. The Bertz CT molecular complexity index is 896. The van der Waals surface area contributed by atoms with Gasteiger partial charge in [-0.15, -0.1) is 0 Å². The Morgan fingerprint density at radius 3 is 2.52 bits per heavy atom. The number of carbonyl (C=O) groups is 1. The van der Waals surface area contributed by atoms with Crippen LogP contribution in [0.25, 0.3) is 0 Å². The maximum Gasteiger partial charge on any atom is 0.292 e. The first-order valence-corrected chi connectivity index (χ1v) is 8.87. The van der Waals surface area contributed by atoms with Crippen LogP contribution in [-0.2, 0) is 10.0 Å². The van der Waals surface area contributed by atoms with Crippen molar-refractivity contribution in [2.45, 2.75) is 11.8 Å². The van der Waals surface area contributed by atoms with Crippen LogP contribution < -0.4 is 10.0 Å². The van der Waals surface area contributed by atoms with Gasteiger partial charge in [0, 0.05) is 24.7 Å². The van der Waals surface area contributed by atoms with Crippen molar-refractivity contribution in [2.75, 3.05) is 18.4 Å². The van der Waals surface area contributed by atoms with E-state index in [1.807, 2.05) is 0 Å². The fourth-order valence-corrected chi connectivity index (χ4v) is 3.21. The van der Waals surface area contributed by atoms with Gasteiger partial charge in [-0.05, 0) is 25.1 Å². The standard InChI is InChI=1S/C16H17N3O5S/c1-12(20)13-5-4-6-14(11-13)25(23,24)18-10-9-17-15-7-2-3-8-16(15)19(21)22/h2-8,11,17-18H,9-10H2,1H3. The molecule has 25 heavy (non-hydrogen) atoms. The van der Waals surface area contributed by atoms with E-state index < -0.39 is 14.9 Å². The molecule has 0 aliphatic rings. The molecule has 0 saturated carbocycles. The Kier molecular flexibility index (Phi) is 5.84. The molecule has 2 aromatic rings. The molecule has 8 nitrogen and oxygen atoms in total. The minimum absolute atomic E-state index is 0.00843. The van der Waals surface area contributed by atoms with Gasteiger partial charge in [0.05, 0.1) is 9.82 Å². The summed E-state index contributed by atoms with van der Waals surface area (Å²) in [6, 6.07) is 11.8. The molecule has 0 aliphatic heterocycles. The summed E-state index contributed by atoms with van der Waals surface area (Å²) in [4.78, 5) is 21.7. The first-order valence-electron chi connectivity index (χ1n) is 7.39. The quantitative estimate of drug-likeness (QED) is 0.321. The van der Waals surface area contributed by atoms with E-state index in [0.29, 0.717) is 11.3 Å². The van der Waals surface area contributed by atoms with Crippen LogP contribution in [0, 0.1) is 10.1 Å². The third-order valence-corrected chi connectivity index (χ3v) is 4.84. The summed E-state index contributed by atoms with van der Waals surface area (Å²) in [6.07, 6.45) is 0. The fourth-order valence-electron chi connectivity index (χ4n) is 2.13. The Morgan fingerprint density at radius 1 is 1.12 bits per heavy atom. The Morgan fingerprint density at radius 2 is 1.84 bits per heavy atom. The molecule has 2 aromatic carbocycles. The normalized spacial score (nSPS) is 11.1. The second-order valence-corrected chi connectivity index (χ2v) is 6.95. The monoisotopic (exact) mass is 363 g/mol. The SMILES string of the molecule is CC(=O)c1cccc(S(=O)(=O)NCCNc2ccccc2[N+](=O)[O-])c1. The number of Topliss-reactive ketones (excluding diaryl/α,β-unsaturated/α-hetero) is 1. The highest BCUT2D eigenvalue weighted by Crippen LogP contribution is 2.22. The predicted molar refractivity (Wildman–Crippen MR) is 93.2 cm³/mol. The number of anilines is 1. The predicted octanol–water partition coefficient (Wildman–Crippen LogP) is 2.19. The number of sulfonamides is 1. The second kappa shape index (κ2) is 7.86. The lowest BCUT2D eigenvalue weighted by Gasteiger charge is -2.09. The van der Waals surface area contributed by atoms with Crippen LogP contribution in [0.1, 0.15) is 17.3 Å². The Balaban J connectivity index is 1.98. The smallest absolute Gasteiger partial charge is 0.292 e. The molecule has 0 saturated heterocycles. The van der Waals surface area contributed by atoms with Gasteiger partial charge in [0.15, 0.2) is 5.78 Å². The van der Waals surface area contributed by atoms with Gasteiger partial charge in [0.25, 0.3) is 5.69 Å². The number of hydrogen-bond donors (Lipinski definition) is 2. The number of ketones is 1. The molecule has 0 heterocycles. The zero-order valence-corrected chi connectivity index (χ0v) is 14.2. The topological polar surface area (TPSA) is 118 Å². The highest BCUT2D eigenvalue weighted by molar-refractivity contribution is 7.89. The van der Waals surface area contributed by atoms with Gasteiger partial charge < -0.3 is 5.32 Å². The highest BCUT2D eigenvalue weighted by atomic mass is 32.2. The van der Waals surface area contributed by atoms with Crippen LogP contribution in [-0.4, -0.2) is 32.2 Å². The van der Waals surface area contributed by atoms with E-state index in [1.165, 1.54) is 37.3 Å². The van der Waals surface area contributed by atoms with Crippen LogP contribution in [0.3, 0.4) is 0 Å². The maximum absolute atomic E-state index is 12.2. The van der Waals surface area contributed by atoms with Crippen molar-refractivity contribution in [3.63, 3.8) is 0 Å². The largest absolute Gasteiger partial charge is 0.378 e. The average molecular weight is 363 g/mol. The molecule has 2 N–H and O–H groups in total. The van der Waals surface area contributed by atoms with E-state index in [4.69, 9.17) is 0 Å². The number of benzene rings is 2. The minimum Gasteiger partial charge on any atom is -0.378 e. The fraction of sp³-hybridized carbons (Fsp3) is 0.188. The number of rotatable bonds is 8. The number of carbonyl (C=O) groups excluding carboxylic acids is 1. The summed E-state index contributed by atoms with van der Waals surface area (Å²) in [7, 11) is -3.77. The van der Waals surface area contributed by atoms with Gasteiger partial charge in [-0.1, -0.05) is 24.3 Å². The summed E-state index contributed by atoms with van der Waals surface area (Å²) < 4.78 is 26.9. The van der Waals surface area contributed by atoms with Crippen LogP contribution >= 0.6 is 0 Å². The summed E-state index contributed by atoms with van der Waals surface area (Å²) in [5.41, 5.74) is 0.533. The van der Waals surface area contributed by atoms with Crippen molar-refractivity contribution in [1.82, 2.24) is 4.72 Å². The van der Waals surface area contributed by atoms with E-state index in [2.05, 4.69) is 10.0 Å². The van der Waals surface area contributed by atoms with Crippen LogP contribution in [0.15, 0.2) is 53.4 Å². The summed E-state index contributed by atoms with van der Waals surface area (Å²) >= 11 is 0. The molecule has 0 unspecified atom stereocenters. The van der Waals surface area contributed by atoms with E-state index in [9.17, 15) is 23.3 Å². The molecule has 0 aromatic heterocycles. The van der Waals surface area contributed by atoms with Crippen LogP contribution in [0.4, 0.5) is 11.4 Å². The maximum atomic E-state index is 12.2. The van der Waals surface area contributed by atoms with Crippen molar-refractivity contribution in [3.8, 4) is 0 Å². The molecule has 0 atom stereocenters. The molecule has 0 radical (unpaired) electrons. The molecular formula is C16H17N3O5S. The van der Waals surface area contributed by atoms with Crippen LogP contribution in [0.5, 0.6) is 0 Å². The van der Waals surface area contributed by atoms with E-state index in [0.717, 1.165) is 0 Å². The molecule has 0 aliphatic carbocycles. The third kappa shape index (κ3) is 4.85. The Hall–Kier alpha value is -2.78. The molecule has 2 rings (SSSR count). The van der Waals surface area contributed by atoms with Gasteiger partial charge in [-0.3, -0.25) is 14.9 Å². The first-order chi connectivity index (χ1) is 11.8. The third-order valence-electron chi connectivity index (χ3n) is 3.38. The second-order valence-electron chi connectivity index (χ2n) is 5.18. The molecule has 9 heteroatoms. The number of nitrogens with zero attached hydrogens (tertiary/aromatic N) is 1. The molecule has 132 valence electrons. The van der Waals surface area contributed by atoms with Gasteiger partial charge in [0.2, 0.25) is 10.0 Å². The van der Waals surface area contributed by atoms with Crippen LogP contribution in [0.2, 0.25) is 0 Å². The zero-order chi connectivity index (χ0) is 18.4. The van der Waals surface area contributed by atoms with Gasteiger partial charge in [-0.2, -0.15) is 0 Å². The van der Waals surface area contributed by atoms with Crippen molar-refractivity contribution in [1.29, 1.82) is 0 Å². The molecule has 0 spiro atoms. The number of nitro groups is 1. The summed E-state index contributed by atoms with van der Waals surface area (Å²) in [5, 5.41) is 13.7. The highest BCUT2D eigenvalue weighted by Gasteiger charge is 2.15. The van der Waals surface area contributed by atoms with Gasteiger partial charge in [0.1, 0.15) is 5.69 Å². The number of hydrogen-bond acceptors (Lipinski definition) is 6. The number of para-hydroxylation sites is 2. The van der Waals surface area contributed by atoms with Crippen molar-refractivity contribution in [3.05, 3.63) is 64.2 Å². The zero-order valence-electron chi connectivity index (χ0n) is 13.4. The molecule has 0 fully saturated rings. The lowest BCUT2D eigenvalue weighted by atomic mass is 10.2. The van der Waals surface area contributed by atoms with E-state index in [1.54, 1.807) is 18.2 Å². The van der Waals surface area contributed by atoms with Crippen molar-refractivity contribution >= 4 is 27.2 Å². The van der Waals surface area contributed by atoms with Crippen molar-refractivity contribution in [2.24, 2.45) is 0 Å². The summed E-state index contributed by atoms with van der Waals surface area (Å²) in [6.45, 7) is 1.55. The van der Waals surface area contributed by atoms with Gasteiger partial charge in [-0.25, -0.2) is 13.1 Å². The lowest BCUT2D eigenvalue weighted by molar-refractivity contribution is -0.384. The Labute approximate surface area is 145 Å². The molecular weight excluding hydrogens is 346 g/mol. The average Bonchev–Trinajstić information content (AvgIpc) is 2.59. The number of nitro benzene ring substituents is 1. The van der Waals surface area contributed by atoms with Crippen molar-refractivity contribution < 1.29 is 18.1 Å². The molecule has 0 amide bonds. The first kappa shape index (κ1) is 18.6. The molecule has 0 bridgehead atoms. The van der Waals surface area contributed by atoms with E-state index in [-0.39, 0.29) is 29.5 Å². The minimum atomic E-state index is -3.77. The van der Waals surface area contributed by atoms with E-state index >= 15 is 0 Å². The lowest BCUT2D eigenvalue weighted by Crippen LogP contribution is -2.29.